The van der Waals surface area contributed by atoms with Crippen molar-refractivity contribution >= 4 is 16.9 Å². The number of aromatic nitrogens is 3. The standard InChI is InChI=1S/C20H24N4O/c1-6-13(3)22-20(25)17-11-14(4)21-19-18(17)15(5)23-24(19)16-9-7-12(2)8-10-16/h7-11,13H,6H2,1-5H3,(H,22,25). The largest absolute Gasteiger partial charge is 0.350 e. The van der Waals surface area contributed by atoms with Gasteiger partial charge >= 0.3 is 0 Å². The quantitative estimate of drug-likeness (QED) is 0.786. The first-order valence-electron chi connectivity index (χ1n) is 8.65. The van der Waals surface area contributed by atoms with E-state index in [1.807, 2.05) is 55.8 Å². The molecule has 25 heavy (non-hydrogen) atoms. The predicted molar refractivity (Wildman–Crippen MR) is 100 cm³/mol. The Morgan fingerprint density at radius 1 is 1.20 bits per heavy atom. The highest BCUT2D eigenvalue weighted by atomic mass is 16.1. The topological polar surface area (TPSA) is 59.8 Å². The number of pyridine rings is 1. The van der Waals surface area contributed by atoms with Crippen LogP contribution in [0.5, 0.6) is 0 Å². The van der Waals surface area contributed by atoms with E-state index in [-0.39, 0.29) is 11.9 Å². The van der Waals surface area contributed by atoms with Gasteiger partial charge in [0.1, 0.15) is 0 Å². The molecule has 0 aliphatic carbocycles. The lowest BCUT2D eigenvalue weighted by atomic mass is 10.1. The number of rotatable bonds is 4. The molecule has 1 N–H and O–H groups in total. The van der Waals surface area contributed by atoms with Crippen LogP contribution in [-0.2, 0) is 0 Å². The van der Waals surface area contributed by atoms with Gasteiger partial charge in [0.15, 0.2) is 5.65 Å². The van der Waals surface area contributed by atoms with E-state index in [1.165, 1.54) is 5.56 Å². The summed E-state index contributed by atoms with van der Waals surface area (Å²) in [5, 5.41) is 8.50. The Balaban J connectivity index is 2.18. The summed E-state index contributed by atoms with van der Waals surface area (Å²) in [5.41, 5.74) is 5.09. The van der Waals surface area contributed by atoms with E-state index < -0.39 is 0 Å². The second kappa shape index (κ2) is 6.67. The maximum absolute atomic E-state index is 12.7. The SMILES string of the molecule is CCC(C)NC(=O)c1cc(C)nc2c1c(C)nn2-c1ccc(C)cc1. The summed E-state index contributed by atoms with van der Waals surface area (Å²) >= 11 is 0. The molecule has 3 aromatic rings. The van der Waals surface area contributed by atoms with Crippen molar-refractivity contribution < 1.29 is 4.79 Å². The van der Waals surface area contributed by atoms with Gasteiger partial charge in [0, 0.05) is 11.7 Å². The lowest BCUT2D eigenvalue weighted by molar-refractivity contribution is 0.0940. The minimum atomic E-state index is -0.0728. The molecule has 2 aromatic heterocycles. The van der Waals surface area contributed by atoms with Gasteiger partial charge in [-0.2, -0.15) is 5.10 Å². The number of nitrogens with one attached hydrogen (secondary N) is 1. The van der Waals surface area contributed by atoms with Crippen LogP contribution >= 0.6 is 0 Å². The molecule has 2 heterocycles. The first-order valence-corrected chi connectivity index (χ1v) is 8.65. The predicted octanol–water partition coefficient (Wildman–Crippen LogP) is 3.87. The molecule has 1 amide bonds. The first kappa shape index (κ1) is 17.1. The minimum Gasteiger partial charge on any atom is -0.350 e. The fourth-order valence-electron chi connectivity index (χ4n) is 2.86. The summed E-state index contributed by atoms with van der Waals surface area (Å²) in [5.74, 6) is -0.0728. The molecule has 130 valence electrons. The van der Waals surface area contributed by atoms with Crippen LogP contribution in [0.2, 0.25) is 0 Å². The molecule has 1 aromatic carbocycles. The van der Waals surface area contributed by atoms with E-state index in [0.717, 1.165) is 34.5 Å². The Kier molecular flexibility index (Phi) is 4.57. The van der Waals surface area contributed by atoms with Gasteiger partial charge < -0.3 is 5.32 Å². The van der Waals surface area contributed by atoms with E-state index in [1.54, 1.807) is 0 Å². The fraction of sp³-hybridized carbons (Fsp3) is 0.350. The first-order chi connectivity index (χ1) is 11.9. The van der Waals surface area contributed by atoms with Crippen LogP contribution in [0.1, 0.15) is 47.6 Å². The number of carbonyl (C=O) groups is 1. The molecular weight excluding hydrogens is 312 g/mol. The number of benzene rings is 1. The monoisotopic (exact) mass is 336 g/mol. The third-order valence-corrected chi connectivity index (χ3v) is 4.45. The molecule has 0 saturated heterocycles. The Morgan fingerprint density at radius 2 is 1.88 bits per heavy atom. The van der Waals surface area contributed by atoms with Gasteiger partial charge in [0.05, 0.1) is 22.3 Å². The van der Waals surface area contributed by atoms with Crippen LogP contribution in [0.15, 0.2) is 30.3 Å². The van der Waals surface area contributed by atoms with Gasteiger partial charge in [0.2, 0.25) is 0 Å². The molecule has 0 aliphatic rings. The van der Waals surface area contributed by atoms with Crippen molar-refractivity contribution in [1.29, 1.82) is 0 Å². The molecule has 0 aliphatic heterocycles. The van der Waals surface area contributed by atoms with Gasteiger partial charge in [-0.3, -0.25) is 4.79 Å². The van der Waals surface area contributed by atoms with Crippen molar-refractivity contribution in [2.75, 3.05) is 0 Å². The maximum Gasteiger partial charge on any atom is 0.252 e. The van der Waals surface area contributed by atoms with E-state index in [0.29, 0.717) is 5.56 Å². The van der Waals surface area contributed by atoms with Crippen LogP contribution in [0.3, 0.4) is 0 Å². The molecule has 1 unspecified atom stereocenters. The number of amides is 1. The lowest BCUT2D eigenvalue weighted by Gasteiger charge is -2.12. The number of hydrogen-bond donors (Lipinski definition) is 1. The van der Waals surface area contributed by atoms with Crippen LogP contribution in [-0.4, -0.2) is 26.7 Å². The van der Waals surface area contributed by atoms with Crippen LogP contribution in [0, 0.1) is 20.8 Å². The number of nitrogens with zero attached hydrogens (tertiary/aromatic N) is 3. The minimum absolute atomic E-state index is 0.0728. The van der Waals surface area contributed by atoms with Crippen molar-refractivity contribution in [2.45, 2.75) is 47.1 Å². The van der Waals surface area contributed by atoms with Crippen LogP contribution < -0.4 is 5.32 Å². The van der Waals surface area contributed by atoms with E-state index in [9.17, 15) is 4.79 Å². The van der Waals surface area contributed by atoms with Crippen molar-refractivity contribution in [1.82, 2.24) is 20.1 Å². The number of hydrogen-bond acceptors (Lipinski definition) is 3. The average Bonchev–Trinajstić information content (AvgIpc) is 2.91. The van der Waals surface area contributed by atoms with Gasteiger partial charge in [-0.25, -0.2) is 9.67 Å². The molecule has 5 nitrogen and oxygen atoms in total. The molecule has 0 saturated carbocycles. The van der Waals surface area contributed by atoms with E-state index in [2.05, 4.69) is 29.2 Å². The van der Waals surface area contributed by atoms with Crippen molar-refractivity contribution in [3.8, 4) is 5.69 Å². The number of carbonyl (C=O) groups excluding carboxylic acids is 1. The highest BCUT2D eigenvalue weighted by molar-refractivity contribution is 6.06. The molecule has 0 spiro atoms. The highest BCUT2D eigenvalue weighted by Crippen LogP contribution is 2.25. The zero-order chi connectivity index (χ0) is 18.1. The number of fused-ring (bicyclic) bond motifs is 1. The van der Waals surface area contributed by atoms with Gasteiger partial charge in [-0.1, -0.05) is 24.6 Å². The Morgan fingerprint density at radius 3 is 2.52 bits per heavy atom. The smallest absolute Gasteiger partial charge is 0.252 e. The van der Waals surface area contributed by atoms with Crippen molar-refractivity contribution in [3.63, 3.8) is 0 Å². The Bertz CT molecular complexity index is 925. The third kappa shape index (κ3) is 3.27. The molecule has 5 heteroatoms. The highest BCUT2D eigenvalue weighted by Gasteiger charge is 2.20. The lowest BCUT2D eigenvalue weighted by Crippen LogP contribution is -2.32. The summed E-state index contributed by atoms with van der Waals surface area (Å²) in [6, 6.07) is 10.1. The van der Waals surface area contributed by atoms with E-state index >= 15 is 0 Å². The maximum atomic E-state index is 12.7. The Labute approximate surface area is 148 Å². The van der Waals surface area contributed by atoms with Gasteiger partial charge in [0.25, 0.3) is 5.91 Å². The molecule has 0 bridgehead atoms. The fourth-order valence-corrected chi connectivity index (χ4v) is 2.86. The van der Waals surface area contributed by atoms with Crippen LogP contribution in [0.25, 0.3) is 16.7 Å². The zero-order valence-corrected chi connectivity index (χ0v) is 15.4. The van der Waals surface area contributed by atoms with Crippen molar-refractivity contribution in [3.05, 3.63) is 52.8 Å². The molecule has 1 atom stereocenters. The normalized spacial score (nSPS) is 12.4. The molecule has 3 rings (SSSR count). The zero-order valence-electron chi connectivity index (χ0n) is 15.4. The summed E-state index contributed by atoms with van der Waals surface area (Å²) in [6.07, 6.45) is 0.889. The summed E-state index contributed by atoms with van der Waals surface area (Å²) in [6.45, 7) is 9.94. The molecule has 0 fully saturated rings. The third-order valence-electron chi connectivity index (χ3n) is 4.45. The summed E-state index contributed by atoms with van der Waals surface area (Å²) in [4.78, 5) is 17.4. The summed E-state index contributed by atoms with van der Waals surface area (Å²) < 4.78 is 1.82. The second-order valence-corrected chi connectivity index (χ2v) is 6.63. The molecular formula is C20H24N4O. The Hall–Kier alpha value is -2.69. The van der Waals surface area contributed by atoms with E-state index in [4.69, 9.17) is 0 Å². The van der Waals surface area contributed by atoms with Crippen molar-refractivity contribution in [2.24, 2.45) is 0 Å². The number of aryl methyl sites for hydroxylation is 3. The van der Waals surface area contributed by atoms with Crippen LogP contribution in [0.4, 0.5) is 0 Å². The molecule has 0 radical (unpaired) electrons. The van der Waals surface area contributed by atoms with Gasteiger partial charge in [-0.05, 0) is 52.3 Å². The second-order valence-electron chi connectivity index (χ2n) is 6.63. The van der Waals surface area contributed by atoms with Gasteiger partial charge in [-0.15, -0.1) is 0 Å². The average molecular weight is 336 g/mol. The summed E-state index contributed by atoms with van der Waals surface area (Å²) in [7, 11) is 0.